The summed E-state index contributed by atoms with van der Waals surface area (Å²) < 4.78 is 10.8. The number of rotatable bonds is 9. The van der Waals surface area contributed by atoms with Gasteiger partial charge in [-0.3, -0.25) is 14.5 Å². The molecule has 5 N–H and O–H groups in total. The van der Waals surface area contributed by atoms with E-state index in [4.69, 9.17) is 31.9 Å². The van der Waals surface area contributed by atoms with Crippen LogP contribution in [0.4, 0.5) is 5.82 Å². The maximum Gasteiger partial charge on any atom is 0.335 e. The number of piperidine rings is 1. The van der Waals surface area contributed by atoms with E-state index in [0.717, 1.165) is 0 Å². The molecule has 35 heavy (non-hydrogen) atoms. The van der Waals surface area contributed by atoms with Crippen molar-refractivity contribution < 1.29 is 29.0 Å². The quantitative estimate of drug-likeness (QED) is 0.394. The third-order valence-corrected chi connectivity index (χ3v) is 6.08. The Hall–Kier alpha value is -3.41. The summed E-state index contributed by atoms with van der Waals surface area (Å²) in [4.78, 5) is 42.2. The Bertz CT molecular complexity index is 1080. The zero-order valence-electron chi connectivity index (χ0n) is 19.4. The van der Waals surface area contributed by atoms with Gasteiger partial charge in [0.25, 0.3) is 11.8 Å². The highest BCUT2D eigenvalue weighted by Crippen LogP contribution is 2.25. The zero-order valence-corrected chi connectivity index (χ0v) is 20.2. The summed E-state index contributed by atoms with van der Waals surface area (Å²) in [6.07, 6.45) is 0.364. The van der Waals surface area contributed by atoms with Crippen LogP contribution in [0.5, 0.6) is 5.88 Å². The summed E-state index contributed by atoms with van der Waals surface area (Å²) in [5, 5.41) is 14.9. The number of aromatic nitrogens is 1. The molecular weight excluding hydrogens is 478 g/mol. The lowest BCUT2D eigenvalue weighted by molar-refractivity contribution is 0.00681. The maximum absolute atomic E-state index is 12.9. The number of pyridine rings is 1. The number of carbonyl (C=O) groups excluding carboxylic acids is 2. The molecule has 0 radical (unpaired) electrons. The number of hydrogen-bond donors (Lipinski definition) is 4. The van der Waals surface area contributed by atoms with E-state index >= 15 is 0 Å². The van der Waals surface area contributed by atoms with Gasteiger partial charge in [-0.1, -0.05) is 11.6 Å². The Morgan fingerprint density at radius 1 is 1.20 bits per heavy atom. The number of likely N-dealkylation sites (tertiary alicyclic amines) is 1. The van der Waals surface area contributed by atoms with Gasteiger partial charge in [-0.25, -0.2) is 4.79 Å². The first-order valence-corrected chi connectivity index (χ1v) is 11.3. The van der Waals surface area contributed by atoms with Gasteiger partial charge >= 0.3 is 5.97 Å². The number of carboxylic acids is 1. The van der Waals surface area contributed by atoms with E-state index in [-0.39, 0.29) is 45.9 Å². The number of amides is 2. The molecule has 0 bridgehead atoms. The van der Waals surface area contributed by atoms with Crippen LogP contribution < -0.4 is 21.1 Å². The molecule has 0 spiro atoms. The smallest absolute Gasteiger partial charge is 0.335 e. The van der Waals surface area contributed by atoms with Gasteiger partial charge in [0.15, 0.2) is 0 Å². The highest BCUT2D eigenvalue weighted by Gasteiger charge is 2.31. The largest absolute Gasteiger partial charge is 0.480 e. The van der Waals surface area contributed by atoms with E-state index in [1.165, 1.54) is 37.4 Å². The van der Waals surface area contributed by atoms with Crippen LogP contribution in [-0.4, -0.2) is 85.3 Å². The van der Waals surface area contributed by atoms with Crippen LogP contribution in [0.25, 0.3) is 0 Å². The number of halogens is 1. The molecule has 0 aliphatic carbocycles. The standard InChI is InChI=1S/C23H28ClN5O6/c1-34-18-12-29(10-8-26-20(30)13-3-5-14(6-4-13)23(32)33)9-7-17(18)27-21(31)15-11-16(24)19(25)28-22(15)35-2/h3-6,11,17-18H,7-10,12H2,1-2H3,(H2,25,28)(H,26,30)(H,27,31)(H,32,33). The lowest BCUT2D eigenvalue weighted by Gasteiger charge is -2.38. The van der Waals surface area contributed by atoms with Crippen molar-refractivity contribution in [1.29, 1.82) is 0 Å². The van der Waals surface area contributed by atoms with Gasteiger partial charge in [-0.15, -0.1) is 0 Å². The minimum absolute atomic E-state index is 0.0764. The number of hydrogen-bond acceptors (Lipinski definition) is 8. The fourth-order valence-electron chi connectivity index (χ4n) is 3.83. The van der Waals surface area contributed by atoms with Crippen molar-refractivity contribution in [2.75, 3.05) is 46.1 Å². The lowest BCUT2D eigenvalue weighted by Crippen LogP contribution is -2.55. The second-order valence-corrected chi connectivity index (χ2v) is 8.40. The molecule has 0 saturated carbocycles. The summed E-state index contributed by atoms with van der Waals surface area (Å²) in [7, 11) is 2.98. The van der Waals surface area contributed by atoms with Crippen molar-refractivity contribution in [3.63, 3.8) is 0 Å². The van der Waals surface area contributed by atoms with Gasteiger partial charge in [0.05, 0.1) is 29.8 Å². The van der Waals surface area contributed by atoms with E-state index in [2.05, 4.69) is 20.5 Å². The van der Waals surface area contributed by atoms with Crippen LogP contribution in [0.15, 0.2) is 30.3 Å². The first-order chi connectivity index (χ1) is 16.7. The van der Waals surface area contributed by atoms with Crippen LogP contribution >= 0.6 is 11.6 Å². The predicted octanol–water partition coefficient (Wildman–Crippen LogP) is 1.27. The zero-order chi connectivity index (χ0) is 25.5. The molecule has 2 unspecified atom stereocenters. The number of nitrogens with two attached hydrogens (primary N) is 1. The third-order valence-electron chi connectivity index (χ3n) is 5.78. The Kier molecular flexibility index (Phi) is 8.85. The average Bonchev–Trinajstić information content (AvgIpc) is 2.85. The number of benzene rings is 1. The number of nitrogen functional groups attached to an aromatic ring is 1. The molecule has 2 heterocycles. The lowest BCUT2D eigenvalue weighted by atomic mass is 10.0. The molecule has 2 aromatic rings. The number of aromatic carboxylic acids is 1. The third kappa shape index (κ3) is 6.59. The average molecular weight is 506 g/mol. The number of nitrogens with one attached hydrogen (secondary N) is 2. The van der Waals surface area contributed by atoms with Gasteiger partial charge in [-0.2, -0.15) is 4.98 Å². The number of carbonyl (C=O) groups is 3. The summed E-state index contributed by atoms with van der Waals surface area (Å²) in [5.74, 6) is -1.55. The molecule has 188 valence electrons. The Morgan fingerprint density at radius 2 is 1.89 bits per heavy atom. The highest BCUT2D eigenvalue weighted by molar-refractivity contribution is 6.33. The van der Waals surface area contributed by atoms with Crippen LogP contribution in [0.2, 0.25) is 5.02 Å². The van der Waals surface area contributed by atoms with Crippen molar-refractivity contribution in [2.45, 2.75) is 18.6 Å². The Balaban J connectivity index is 1.51. The summed E-state index contributed by atoms with van der Waals surface area (Å²) in [6, 6.07) is 6.92. The SMILES string of the molecule is COc1nc(N)c(Cl)cc1C(=O)NC1CCN(CCNC(=O)c2ccc(C(=O)O)cc2)CC1OC. The number of ether oxygens (including phenoxy) is 2. The maximum atomic E-state index is 12.9. The molecule has 1 aliphatic heterocycles. The number of nitrogens with zero attached hydrogens (tertiary/aromatic N) is 2. The van der Waals surface area contributed by atoms with Crippen molar-refractivity contribution in [2.24, 2.45) is 0 Å². The van der Waals surface area contributed by atoms with E-state index in [0.29, 0.717) is 38.2 Å². The molecule has 1 aromatic carbocycles. The molecule has 1 fully saturated rings. The number of carboxylic acid groups (broad SMARTS) is 1. The molecule has 3 rings (SSSR count). The normalized spacial score (nSPS) is 18.0. The highest BCUT2D eigenvalue weighted by atomic mass is 35.5. The number of anilines is 1. The first kappa shape index (κ1) is 26.2. The predicted molar refractivity (Wildman–Crippen MR) is 129 cm³/mol. The number of methoxy groups -OCH3 is 2. The van der Waals surface area contributed by atoms with E-state index in [1.54, 1.807) is 7.11 Å². The van der Waals surface area contributed by atoms with Crippen molar-refractivity contribution >= 4 is 35.2 Å². The second kappa shape index (κ2) is 11.8. The first-order valence-electron chi connectivity index (χ1n) is 10.9. The van der Waals surface area contributed by atoms with Crippen LogP contribution in [-0.2, 0) is 4.74 Å². The van der Waals surface area contributed by atoms with E-state index in [9.17, 15) is 14.4 Å². The summed E-state index contributed by atoms with van der Waals surface area (Å²) in [5.41, 5.74) is 6.38. The Morgan fingerprint density at radius 3 is 2.51 bits per heavy atom. The molecule has 1 saturated heterocycles. The minimum Gasteiger partial charge on any atom is -0.480 e. The van der Waals surface area contributed by atoms with Crippen molar-refractivity contribution in [3.05, 3.63) is 52.0 Å². The molecule has 2 amide bonds. The van der Waals surface area contributed by atoms with E-state index < -0.39 is 11.9 Å². The minimum atomic E-state index is -1.04. The summed E-state index contributed by atoms with van der Waals surface area (Å²) in [6.45, 7) is 2.24. The Labute approximate surface area is 207 Å². The van der Waals surface area contributed by atoms with Gasteiger partial charge in [0.2, 0.25) is 5.88 Å². The monoisotopic (exact) mass is 505 g/mol. The second-order valence-electron chi connectivity index (χ2n) is 7.99. The molecular formula is C23H28ClN5O6. The van der Waals surface area contributed by atoms with Gasteiger partial charge in [0.1, 0.15) is 11.4 Å². The van der Waals surface area contributed by atoms with Gasteiger partial charge < -0.3 is 30.9 Å². The fraction of sp³-hybridized carbons (Fsp3) is 0.391. The summed E-state index contributed by atoms with van der Waals surface area (Å²) >= 11 is 6.03. The molecule has 2 atom stereocenters. The van der Waals surface area contributed by atoms with Crippen LogP contribution in [0, 0.1) is 0 Å². The topological polar surface area (TPSA) is 156 Å². The van der Waals surface area contributed by atoms with Crippen molar-refractivity contribution in [3.8, 4) is 5.88 Å². The molecule has 1 aromatic heterocycles. The molecule has 12 heteroatoms. The molecule has 11 nitrogen and oxygen atoms in total. The van der Waals surface area contributed by atoms with Crippen LogP contribution in [0.3, 0.4) is 0 Å². The van der Waals surface area contributed by atoms with Gasteiger partial charge in [0, 0.05) is 38.9 Å². The molecule has 1 aliphatic rings. The van der Waals surface area contributed by atoms with Gasteiger partial charge in [-0.05, 0) is 36.8 Å². The van der Waals surface area contributed by atoms with Crippen LogP contribution in [0.1, 0.15) is 37.5 Å². The van der Waals surface area contributed by atoms with Crippen molar-refractivity contribution in [1.82, 2.24) is 20.5 Å². The van der Waals surface area contributed by atoms with E-state index in [1.807, 2.05) is 0 Å². The fourth-order valence-corrected chi connectivity index (χ4v) is 3.98.